The number of carbonyl (C=O) groups is 1. The minimum atomic E-state index is 0.495. The molecule has 76 valence electrons. The summed E-state index contributed by atoms with van der Waals surface area (Å²) in [6, 6.07) is 4.01. The van der Waals surface area contributed by atoms with Crippen molar-refractivity contribution >= 4 is 6.29 Å². The van der Waals surface area contributed by atoms with E-state index in [4.69, 9.17) is 4.74 Å². The maximum atomic E-state index is 9.97. The Labute approximate surface area is 84.1 Å². The van der Waals surface area contributed by atoms with Crippen LogP contribution in [0, 0.1) is 0 Å². The minimum absolute atomic E-state index is 0.495. The van der Waals surface area contributed by atoms with Gasteiger partial charge in [0.1, 0.15) is 6.29 Å². The first-order valence-electron chi connectivity index (χ1n) is 4.84. The molecule has 0 aliphatic rings. The Hall–Kier alpha value is -1.22. The molecule has 0 bridgehead atoms. The summed E-state index contributed by atoms with van der Waals surface area (Å²) in [4.78, 5) is 13.9. The predicted molar refractivity (Wildman–Crippen MR) is 54.1 cm³/mol. The van der Waals surface area contributed by atoms with Crippen LogP contribution in [0.3, 0.4) is 0 Å². The van der Waals surface area contributed by atoms with Gasteiger partial charge in [-0.15, -0.1) is 0 Å². The standard InChI is InChI=1S/C11H15NO2/c13-8-2-10-14-9-1-3-11-4-6-12-7-5-11/h4-8H,1-3,9-10H2. The second kappa shape index (κ2) is 7.21. The number of aromatic nitrogens is 1. The molecule has 0 amide bonds. The van der Waals surface area contributed by atoms with E-state index in [-0.39, 0.29) is 0 Å². The highest BCUT2D eigenvalue weighted by atomic mass is 16.5. The third kappa shape index (κ3) is 4.72. The average molecular weight is 193 g/mol. The van der Waals surface area contributed by atoms with Gasteiger partial charge in [0, 0.05) is 25.4 Å². The Balaban J connectivity index is 2.02. The van der Waals surface area contributed by atoms with Crippen LogP contribution in [0.5, 0.6) is 0 Å². The van der Waals surface area contributed by atoms with Crippen molar-refractivity contribution in [3.63, 3.8) is 0 Å². The highest BCUT2D eigenvalue weighted by Gasteiger charge is 1.92. The SMILES string of the molecule is O=CCCOCCCc1ccncc1. The molecule has 1 heterocycles. The van der Waals surface area contributed by atoms with Crippen LogP contribution in [0.1, 0.15) is 18.4 Å². The lowest BCUT2D eigenvalue weighted by molar-refractivity contribution is -0.108. The lowest BCUT2D eigenvalue weighted by atomic mass is 10.1. The van der Waals surface area contributed by atoms with Crippen LogP contribution in [0.15, 0.2) is 24.5 Å². The molecule has 0 N–H and O–H groups in total. The van der Waals surface area contributed by atoms with E-state index in [0.717, 1.165) is 25.7 Å². The monoisotopic (exact) mass is 193 g/mol. The Morgan fingerprint density at radius 3 is 2.79 bits per heavy atom. The number of ether oxygens (including phenoxy) is 1. The maximum Gasteiger partial charge on any atom is 0.122 e. The second-order valence-corrected chi connectivity index (χ2v) is 3.03. The molecule has 3 nitrogen and oxygen atoms in total. The number of nitrogens with zero attached hydrogens (tertiary/aromatic N) is 1. The number of aryl methyl sites for hydroxylation is 1. The Kier molecular flexibility index (Phi) is 5.59. The van der Waals surface area contributed by atoms with E-state index in [2.05, 4.69) is 4.98 Å². The minimum Gasteiger partial charge on any atom is -0.381 e. The highest BCUT2D eigenvalue weighted by molar-refractivity contribution is 5.49. The molecule has 1 rings (SSSR count). The average Bonchev–Trinajstić information content (AvgIpc) is 2.25. The Bertz CT molecular complexity index is 249. The number of pyridine rings is 1. The summed E-state index contributed by atoms with van der Waals surface area (Å²) in [6.45, 7) is 1.26. The molecular formula is C11H15NO2. The van der Waals surface area contributed by atoms with Gasteiger partial charge in [-0.3, -0.25) is 4.98 Å². The highest BCUT2D eigenvalue weighted by Crippen LogP contribution is 2.00. The van der Waals surface area contributed by atoms with Crippen LogP contribution < -0.4 is 0 Å². The van der Waals surface area contributed by atoms with Crippen LogP contribution >= 0.6 is 0 Å². The molecule has 0 spiro atoms. The van der Waals surface area contributed by atoms with Crippen molar-refractivity contribution < 1.29 is 9.53 Å². The molecule has 0 radical (unpaired) electrons. The van der Waals surface area contributed by atoms with Gasteiger partial charge in [0.25, 0.3) is 0 Å². The number of rotatable bonds is 7. The molecule has 0 saturated carbocycles. The second-order valence-electron chi connectivity index (χ2n) is 3.03. The Morgan fingerprint density at radius 1 is 1.29 bits per heavy atom. The van der Waals surface area contributed by atoms with Crippen LogP contribution in [0.4, 0.5) is 0 Å². The summed E-state index contributed by atoms with van der Waals surface area (Å²) in [5.41, 5.74) is 1.28. The lowest BCUT2D eigenvalue weighted by Crippen LogP contribution is -1.99. The van der Waals surface area contributed by atoms with Gasteiger partial charge >= 0.3 is 0 Å². The van der Waals surface area contributed by atoms with E-state index in [1.165, 1.54) is 5.56 Å². The van der Waals surface area contributed by atoms with Gasteiger partial charge in [0.15, 0.2) is 0 Å². The first kappa shape index (κ1) is 10.9. The molecule has 0 atom stereocenters. The molecule has 0 fully saturated rings. The number of hydrogen-bond donors (Lipinski definition) is 0. The van der Waals surface area contributed by atoms with Gasteiger partial charge in [-0.05, 0) is 30.5 Å². The van der Waals surface area contributed by atoms with Crippen molar-refractivity contribution in [2.24, 2.45) is 0 Å². The fourth-order valence-electron chi connectivity index (χ4n) is 1.16. The molecule has 0 aliphatic carbocycles. The summed E-state index contributed by atoms with van der Waals surface area (Å²) in [5.74, 6) is 0. The van der Waals surface area contributed by atoms with Gasteiger partial charge in [0.2, 0.25) is 0 Å². The third-order valence-electron chi connectivity index (χ3n) is 1.88. The van der Waals surface area contributed by atoms with Crippen LogP contribution in [-0.2, 0) is 16.0 Å². The fraction of sp³-hybridized carbons (Fsp3) is 0.455. The lowest BCUT2D eigenvalue weighted by Gasteiger charge is -2.01. The quantitative estimate of drug-likeness (QED) is 0.488. The zero-order chi connectivity index (χ0) is 10.1. The topological polar surface area (TPSA) is 39.2 Å². The van der Waals surface area contributed by atoms with Crippen molar-refractivity contribution in [3.8, 4) is 0 Å². The summed E-state index contributed by atoms with van der Waals surface area (Å²) >= 11 is 0. The van der Waals surface area contributed by atoms with E-state index < -0.39 is 0 Å². The van der Waals surface area contributed by atoms with Gasteiger partial charge in [-0.25, -0.2) is 0 Å². The predicted octanol–water partition coefficient (Wildman–Crippen LogP) is 1.62. The van der Waals surface area contributed by atoms with Crippen LogP contribution in [0.25, 0.3) is 0 Å². The van der Waals surface area contributed by atoms with Gasteiger partial charge in [0.05, 0.1) is 6.61 Å². The van der Waals surface area contributed by atoms with Crippen molar-refractivity contribution in [2.75, 3.05) is 13.2 Å². The first-order chi connectivity index (χ1) is 6.93. The summed E-state index contributed by atoms with van der Waals surface area (Å²) in [6.07, 6.45) is 6.95. The van der Waals surface area contributed by atoms with Crippen molar-refractivity contribution in [3.05, 3.63) is 30.1 Å². The zero-order valence-corrected chi connectivity index (χ0v) is 8.19. The molecule has 1 aromatic heterocycles. The molecule has 14 heavy (non-hydrogen) atoms. The van der Waals surface area contributed by atoms with Gasteiger partial charge in [-0.1, -0.05) is 0 Å². The smallest absolute Gasteiger partial charge is 0.122 e. The summed E-state index contributed by atoms with van der Waals surface area (Å²) in [5, 5.41) is 0. The number of aldehydes is 1. The fourth-order valence-corrected chi connectivity index (χ4v) is 1.16. The van der Waals surface area contributed by atoms with E-state index in [9.17, 15) is 4.79 Å². The zero-order valence-electron chi connectivity index (χ0n) is 8.19. The molecule has 1 aromatic rings. The largest absolute Gasteiger partial charge is 0.381 e. The third-order valence-corrected chi connectivity index (χ3v) is 1.88. The van der Waals surface area contributed by atoms with Crippen molar-refractivity contribution in [1.82, 2.24) is 4.98 Å². The van der Waals surface area contributed by atoms with Gasteiger partial charge < -0.3 is 9.53 Å². The maximum absolute atomic E-state index is 9.97. The molecule has 0 saturated heterocycles. The summed E-state index contributed by atoms with van der Waals surface area (Å²) < 4.78 is 5.25. The first-order valence-corrected chi connectivity index (χ1v) is 4.84. The number of hydrogen-bond acceptors (Lipinski definition) is 3. The van der Waals surface area contributed by atoms with Crippen LogP contribution in [-0.4, -0.2) is 24.5 Å². The molecular weight excluding hydrogens is 178 g/mol. The number of carbonyl (C=O) groups excluding carboxylic acids is 1. The van der Waals surface area contributed by atoms with E-state index in [0.29, 0.717) is 13.0 Å². The summed E-state index contributed by atoms with van der Waals surface area (Å²) in [7, 11) is 0. The van der Waals surface area contributed by atoms with Crippen LogP contribution in [0.2, 0.25) is 0 Å². The van der Waals surface area contributed by atoms with Crippen molar-refractivity contribution in [2.45, 2.75) is 19.3 Å². The van der Waals surface area contributed by atoms with Gasteiger partial charge in [-0.2, -0.15) is 0 Å². The van der Waals surface area contributed by atoms with Crippen molar-refractivity contribution in [1.29, 1.82) is 0 Å². The Morgan fingerprint density at radius 2 is 2.07 bits per heavy atom. The van der Waals surface area contributed by atoms with E-state index >= 15 is 0 Å². The molecule has 0 unspecified atom stereocenters. The molecule has 0 aromatic carbocycles. The van der Waals surface area contributed by atoms with E-state index in [1.807, 2.05) is 12.1 Å². The molecule has 0 aliphatic heterocycles. The van der Waals surface area contributed by atoms with E-state index in [1.54, 1.807) is 12.4 Å². The normalized spacial score (nSPS) is 10.0. The molecule has 3 heteroatoms.